The lowest BCUT2D eigenvalue weighted by Gasteiger charge is -2.12. The van der Waals surface area contributed by atoms with E-state index in [9.17, 15) is 24.5 Å². The van der Waals surface area contributed by atoms with E-state index in [4.69, 9.17) is 23.2 Å². The van der Waals surface area contributed by atoms with Crippen molar-refractivity contribution >= 4 is 86.6 Å². The number of nitrogens with one attached hydrogen (secondary N) is 3. The van der Waals surface area contributed by atoms with Crippen molar-refractivity contribution in [3.63, 3.8) is 0 Å². The summed E-state index contributed by atoms with van der Waals surface area (Å²) in [7, 11) is 0. The number of carbonyl (C=O) groups excluding carboxylic acids is 3. The maximum atomic E-state index is 13.4. The SMILES string of the molecule is O=C(CSc1cccc(NC(=O)/C(=C\c2ccc(Cl)cc2Cl)NC(=O)c2ccccc2)c1)Nc1nc(-c2cccc([N+](=O)[O-])c2)cs1. The number of nitro benzene ring substituents is 1. The number of anilines is 2. The number of amides is 3. The smallest absolute Gasteiger partial charge is 0.272 e. The minimum Gasteiger partial charge on any atom is -0.321 e. The summed E-state index contributed by atoms with van der Waals surface area (Å²) >= 11 is 14.8. The van der Waals surface area contributed by atoms with E-state index < -0.39 is 16.7 Å². The first-order valence-corrected chi connectivity index (χ1v) is 16.3. The molecule has 5 rings (SSSR count). The lowest BCUT2D eigenvalue weighted by molar-refractivity contribution is -0.384. The number of nitro groups is 1. The second kappa shape index (κ2) is 15.5. The molecule has 47 heavy (non-hydrogen) atoms. The molecule has 236 valence electrons. The third-order valence-electron chi connectivity index (χ3n) is 6.36. The Labute approximate surface area is 287 Å². The second-order valence-electron chi connectivity index (χ2n) is 9.71. The molecule has 1 aromatic heterocycles. The number of thioether (sulfide) groups is 1. The predicted octanol–water partition coefficient (Wildman–Crippen LogP) is 8.17. The third-order valence-corrected chi connectivity index (χ3v) is 8.67. The Kier molecular flexibility index (Phi) is 11.0. The van der Waals surface area contributed by atoms with Gasteiger partial charge in [0.05, 0.1) is 16.4 Å². The number of hydrogen-bond acceptors (Lipinski definition) is 8. The summed E-state index contributed by atoms with van der Waals surface area (Å²) in [5.74, 6) is -1.33. The van der Waals surface area contributed by atoms with Gasteiger partial charge in [0.25, 0.3) is 17.5 Å². The highest BCUT2D eigenvalue weighted by Crippen LogP contribution is 2.28. The number of halogens is 2. The summed E-state index contributed by atoms with van der Waals surface area (Å²) in [6, 6.07) is 26.2. The largest absolute Gasteiger partial charge is 0.321 e. The molecule has 0 aliphatic carbocycles. The average molecular weight is 705 g/mol. The lowest BCUT2D eigenvalue weighted by Crippen LogP contribution is -2.30. The number of hydrogen-bond donors (Lipinski definition) is 3. The van der Waals surface area contributed by atoms with Gasteiger partial charge in [0.2, 0.25) is 5.91 Å². The van der Waals surface area contributed by atoms with E-state index in [-0.39, 0.29) is 23.0 Å². The number of carbonyl (C=O) groups is 3. The average Bonchev–Trinajstić information content (AvgIpc) is 3.53. The molecule has 0 radical (unpaired) electrons. The summed E-state index contributed by atoms with van der Waals surface area (Å²) in [6.45, 7) is 0. The van der Waals surface area contributed by atoms with E-state index in [2.05, 4.69) is 20.9 Å². The summed E-state index contributed by atoms with van der Waals surface area (Å²) in [6.07, 6.45) is 1.46. The van der Waals surface area contributed by atoms with Crippen LogP contribution in [-0.2, 0) is 9.59 Å². The molecule has 14 heteroatoms. The fourth-order valence-electron chi connectivity index (χ4n) is 4.13. The van der Waals surface area contributed by atoms with Crippen LogP contribution in [0.5, 0.6) is 0 Å². The Morgan fingerprint density at radius 3 is 2.47 bits per heavy atom. The number of benzene rings is 4. The number of nitrogens with zero attached hydrogens (tertiary/aromatic N) is 2. The molecule has 0 saturated heterocycles. The van der Waals surface area contributed by atoms with Gasteiger partial charge >= 0.3 is 0 Å². The molecule has 3 amide bonds. The van der Waals surface area contributed by atoms with Gasteiger partial charge in [-0.3, -0.25) is 24.5 Å². The van der Waals surface area contributed by atoms with E-state index in [1.165, 1.54) is 47.4 Å². The zero-order valence-corrected chi connectivity index (χ0v) is 27.3. The van der Waals surface area contributed by atoms with Crippen LogP contribution in [0, 0.1) is 10.1 Å². The quantitative estimate of drug-likeness (QED) is 0.0545. The molecule has 0 aliphatic rings. The highest BCUT2D eigenvalue weighted by atomic mass is 35.5. The van der Waals surface area contributed by atoms with Crippen LogP contribution in [0.3, 0.4) is 0 Å². The minimum atomic E-state index is -0.594. The Hall–Kier alpha value is -5.01. The van der Waals surface area contributed by atoms with Gasteiger partial charge in [0.15, 0.2) is 5.13 Å². The fraction of sp³-hybridized carbons (Fsp3) is 0.0303. The molecule has 5 aromatic rings. The highest BCUT2D eigenvalue weighted by molar-refractivity contribution is 8.00. The van der Waals surface area contributed by atoms with Crippen molar-refractivity contribution in [3.8, 4) is 11.3 Å². The van der Waals surface area contributed by atoms with Crippen molar-refractivity contribution in [1.82, 2.24) is 10.3 Å². The highest BCUT2D eigenvalue weighted by Gasteiger charge is 2.17. The zero-order chi connectivity index (χ0) is 33.3. The van der Waals surface area contributed by atoms with Crippen molar-refractivity contribution in [3.05, 3.63) is 139 Å². The second-order valence-corrected chi connectivity index (χ2v) is 12.5. The first kappa shape index (κ1) is 33.4. The van der Waals surface area contributed by atoms with E-state index in [0.29, 0.717) is 48.1 Å². The Morgan fingerprint density at radius 1 is 0.915 bits per heavy atom. The minimum absolute atomic E-state index is 0.0477. The summed E-state index contributed by atoms with van der Waals surface area (Å²) < 4.78 is 0. The molecule has 0 unspecified atom stereocenters. The van der Waals surface area contributed by atoms with Crippen LogP contribution in [0.15, 0.2) is 113 Å². The Bertz CT molecular complexity index is 2000. The number of aromatic nitrogens is 1. The molecule has 3 N–H and O–H groups in total. The van der Waals surface area contributed by atoms with E-state index in [1.807, 2.05) is 0 Å². The summed E-state index contributed by atoms with van der Waals surface area (Å²) in [5, 5.41) is 22.1. The van der Waals surface area contributed by atoms with Gasteiger partial charge < -0.3 is 16.0 Å². The number of non-ortho nitro benzene ring substituents is 1. The summed E-state index contributed by atoms with van der Waals surface area (Å²) in [5.41, 5.74) is 2.25. The van der Waals surface area contributed by atoms with Crippen LogP contribution in [-0.4, -0.2) is 33.4 Å². The van der Waals surface area contributed by atoms with Gasteiger partial charge in [-0.2, -0.15) is 0 Å². The molecule has 0 atom stereocenters. The molecule has 0 saturated carbocycles. The van der Waals surface area contributed by atoms with Crippen LogP contribution < -0.4 is 16.0 Å². The third kappa shape index (κ3) is 9.27. The van der Waals surface area contributed by atoms with Crippen molar-refractivity contribution in [2.24, 2.45) is 0 Å². The van der Waals surface area contributed by atoms with Crippen LogP contribution in [0.25, 0.3) is 17.3 Å². The molecule has 0 bridgehead atoms. The van der Waals surface area contributed by atoms with E-state index in [1.54, 1.807) is 84.2 Å². The predicted molar refractivity (Wildman–Crippen MR) is 187 cm³/mol. The molecular formula is C33H23Cl2N5O5S2. The van der Waals surface area contributed by atoms with Crippen LogP contribution >= 0.6 is 46.3 Å². The van der Waals surface area contributed by atoms with E-state index in [0.717, 1.165) is 0 Å². The van der Waals surface area contributed by atoms with Crippen LogP contribution in [0.1, 0.15) is 15.9 Å². The van der Waals surface area contributed by atoms with Gasteiger partial charge in [-0.05, 0) is 54.1 Å². The monoisotopic (exact) mass is 703 g/mol. The van der Waals surface area contributed by atoms with Crippen molar-refractivity contribution in [2.75, 3.05) is 16.4 Å². The van der Waals surface area contributed by atoms with Gasteiger partial charge in [-0.1, -0.05) is 65.7 Å². The maximum absolute atomic E-state index is 13.4. The first-order valence-electron chi connectivity index (χ1n) is 13.7. The Balaban J connectivity index is 1.23. The normalized spacial score (nSPS) is 11.1. The molecule has 0 spiro atoms. The number of rotatable bonds is 11. The van der Waals surface area contributed by atoms with Crippen LogP contribution in [0.2, 0.25) is 10.0 Å². The molecule has 1 heterocycles. The van der Waals surface area contributed by atoms with Gasteiger partial charge in [0.1, 0.15) is 5.70 Å². The van der Waals surface area contributed by atoms with Crippen molar-refractivity contribution < 1.29 is 19.3 Å². The first-order chi connectivity index (χ1) is 22.6. The topological polar surface area (TPSA) is 143 Å². The molecule has 0 aliphatic heterocycles. The Morgan fingerprint density at radius 2 is 1.70 bits per heavy atom. The lowest BCUT2D eigenvalue weighted by atomic mass is 10.1. The molecule has 4 aromatic carbocycles. The van der Waals surface area contributed by atoms with E-state index >= 15 is 0 Å². The van der Waals surface area contributed by atoms with Gasteiger partial charge in [-0.25, -0.2) is 4.98 Å². The maximum Gasteiger partial charge on any atom is 0.272 e. The molecular weight excluding hydrogens is 681 g/mol. The zero-order valence-electron chi connectivity index (χ0n) is 24.1. The van der Waals surface area contributed by atoms with Crippen molar-refractivity contribution in [1.29, 1.82) is 0 Å². The fourth-order valence-corrected chi connectivity index (χ4v) is 6.08. The van der Waals surface area contributed by atoms with Gasteiger partial charge in [-0.15, -0.1) is 23.1 Å². The van der Waals surface area contributed by atoms with Crippen LogP contribution in [0.4, 0.5) is 16.5 Å². The molecule has 10 nitrogen and oxygen atoms in total. The number of thiazole rings is 1. The standard InChI is InChI=1S/C33H23Cl2N5O5S2/c34-23-13-12-21(27(35)16-23)15-28(37-31(42)20-6-2-1-3-7-20)32(43)36-24-9-5-11-26(17-24)46-19-30(41)39-33-38-29(18-47-33)22-8-4-10-25(14-22)40(44)45/h1-18H,19H2,(H,36,43)(H,37,42)(H,38,39,41)/b28-15+. The van der Waals surface area contributed by atoms with Gasteiger partial charge in [0, 0.05) is 49.3 Å². The van der Waals surface area contributed by atoms with Crippen molar-refractivity contribution in [2.45, 2.75) is 4.90 Å². The molecule has 0 fully saturated rings. The summed E-state index contributed by atoms with van der Waals surface area (Å²) in [4.78, 5) is 54.7.